The minimum absolute atomic E-state index is 0.0844. The molecule has 1 amide bonds. The normalized spacial score (nSPS) is 25.6. The fourth-order valence-electron chi connectivity index (χ4n) is 9.04. The van der Waals surface area contributed by atoms with Gasteiger partial charge in [-0.25, -0.2) is 9.97 Å². The van der Waals surface area contributed by atoms with Crippen molar-refractivity contribution in [1.82, 2.24) is 29.7 Å². The van der Waals surface area contributed by atoms with Gasteiger partial charge in [-0.15, -0.1) is 11.3 Å². The number of likely N-dealkylation sites (tertiary alicyclic amines) is 2. The molecule has 4 aromatic rings. The summed E-state index contributed by atoms with van der Waals surface area (Å²) in [7, 11) is 0. The van der Waals surface area contributed by atoms with Crippen molar-refractivity contribution in [3.8, 4) is 6.07 Å². The highest BCUT2D eigenvalue weighted by molar-refractivity contribution is 7.18. The Morgan fingerprint density at radius 2 is 1.88 bits per heavy atom. The summed E-state index contributed by atoms with van der Waals surface area (Å²) in [5.41, 5.74) is 4.26. The zero-order valence-electron chi connectivity index (χ0n) is 28.6. The molecule has 0 radical (unpaired) electrons. The van der Waals surface area contributed by atoms with Crippen LogP contribution in [0.1, 0.15) is 67.1 Å². The van der Waals surface area contributed by atoms with Crippen LogP contribution in [0.25, 0.3) is 21.1 Å². The number of amides is 1. The van der Waals surface area contributed by atoms with Crippen LogP contribution in [0, 0.1) is 29.6 Å². The number of piperidine rings is 1. The van der Waals surface area contributed by atoms with E-state index >= 15 is 0 Å². The van der Waals surface area contributed by atoms with Crippen LogP contribution < -0.4 is 10.6 Å². The van der Waals surface area contributed by atoms with Crippen LogP contribution in [0.4, 0.5) is 19.0 Å². The second kappa shape index (κ2) is 12.5. The van der Waals surface area contributed by atoms with E-state index in [2.05, 4.69) is 67.0 Å². The number of hydrogen-bond acceptors (Lipinski definition) is 8. The molecule has 13 heteroatoms. The third-order valence-corrected chi connectivity index (χ3v) is 13.2. The molecule has 9 nitrogen and oxygen atoms in total. The monoisotopic (exact) mass is 704 g/mol. The molecule has 50 heavy (non-hydrogen) atoms. The zero-order valence-corrected chi connectivity index (χ0v) is 29.4. The molecule has 5 heterocycles. The van der Waals surface area contributed by atoms with E-state index < -0.39 is 12.6 Å². The van der Waals surface area contributed by atoms with Crippen molar-refractivity contribution in [2.45, 2.75) is 89.6 Å². The summed E-state index contributed by atoms with van der Waals surface area (Å²) < 4.78 is 41.1. The average molecular weight is 705 g/mol. The molecular formula is C37H43F3N8OS. The van der Waals surface area contributed by atoms with Gasteiger partial charge in [0, 0.05) is 66.5 Å². The Bertz CT molecular complexity index is 1980. The van der Waals surface area contributed by atoms with E-state index in [4.69, 9.17) is 0 Å². The lowest BCUT2D eigenvalue weighted by Crippen LogP contribution is -2.81. The molecular weight excluding hydrogens is 662 g/mol. The molecule has 5 aliphatic rings. The first-order valence-corrected chi connectivity index (χ1v) is 18.6. The van der Waals surface area contributed by atoms with Crippen LogP contribution in [-0.4, -0.2) is 80.7 Å². The van der Waals surface area contributed by atoms with E-state index in [-0.39, 0.29) is 27.8 Å². The first kappa shape index (κ1) is 33.4. The van der Waals surface area contributed by atoms with Crippen LogP contribution in [0.15, 0.2) is 30.6 Å². The molecule has 0 spiro atoms. The summed E-state index contributed by atoms with van der Waals surface area (Å²) in [6.07, 6.45) is 1.72. The number of thiophene rings is 1. The topological polar surface area (TPSA) is 102 Å². The van der Waals surface area contributed by atoms with E-state index in [9.17, 15) is 23.2 Å². The standard InChI is InChI=1S/C37H43F3N8OS/c1-23-25(18-47-11-6-26(7-12-47)44-33-30-15-28(16-37(38,39)40)50-34(30)43-22-42-33)4-5-31-29(23)14-27(17-41)48(31)21-35-19-36(20-35,24(35)2)45-32(49)8-13-46-9-3-10-46/h4-5,14-15,22,24,26H,3,6-13,16,18-21H2,1-2H3,(H,45,49)(H,42,43,44)/t24-,35?,36?/m0/s1. The zero-order chi connectivity index (χ0) is 34.8. The fraction of sp³-hybridized carbons (Fsp3) is 0.568. The second-order valence-corrected chi connectivity index (χ2v) is 16.4. The van der Waals surface area contributed by atoms with E-state index in [1.54, 1.807) is 6.07 Å². The fourth-order valence-corrected chi connectivity index (χ4v) is 10.1. The Kier molecular flexibility index (Phi) is 8.35. The number of halogens is 3. The first-order chi connectivity index (χ1) is 23.9. The maximum Gasteiger partial charge on any atom is 0.393 e. The van der Waals surface area contributed by atoms with E-state index in [0.29, 0.717) is 34.1 Å². The molecule has 2 N–H and O–H groups in total. The van der Waals surface area contributed by atoms with E-state index in [0.717, 1.165) is 93.7 Å². The molecule has 9 rings (SSSR count). The predicted octanol–water partition coefficient (Wildman–Crippen LogP) is 6.39. The molecule has 0 unspecified atom stereocenters. The first-order valence-electron chi connectivity index (χ1n) is 17.8. The molecule has 3 saturated carbocycles. The molecule has 3 aliphatic carbocycles. The quantitative estimate of drug-likeness (QED) is 0.187. The van der Waals surface area contributed by atoms with Crippen LogP contribution in [0.2, 0.25) is 0 Å². The smallest absolute Gasteiger partial charge is 0.367 e. The number of hydrogen-bond donors (Lipinski definition) is 2. The highest BCUT2D eigenvalue weighted by Gasteiger charge is 2.74. The lowest BCUT2D eigenvalue weighted by molar-refractivity contribution is -0.228. The number of nitrogens with one attached hydrogen (secondary N) is 2. The van der Waals surface area contributed by atoms with Gasteiger partial charge in [-0.2, -0.15) is 18.4 Å². The molecule has 1 aromatic carbocycles. The highest BCUT2D eigenvalue weighted by atomic mass is 32.1. The van der Waals surface area contributed by atoms with E-state index in [1.165, 1.54) is 23.9 Å². The van der Waals surface area contributed by atoms with Gasteiger partial charge >= 0.3 is 6.18 Å². The van der Waals surface area contributed by atoms with Crippen molar-refractivity contribution in [3.63, 3.8) is 0 Å². The number of aromatic nitrogens is 3. The lowest BCUT2D eigenvalue weighted by atomic mass is 9.33. The van der Waals surface area contributed by atoms with Gasteiger partial charge in [-0.3, -0.25) is 9.69 Å². The van der Waals surface area contributed by atoms with Crippen LogP contribution in [0.3, 0.4) is 0 Å². The van der Waals surface area contributed by atoms with Crippen molar-refractivity contribution in [1.29, 1.82) is 5.26 Å². The van der Waals surface area contributed by atoms with Gasteiger partial charge in [0.05, 0.1) is 11.8 Å². The Balaban J connectivity index is 0.886. The highest BCUT2D eigenvalue weighted by Crippen LogP contribution is 2.72. The number of carbonyl (C=O) groups excluding carboxylic acids is 1. The van der Waals surface area contributed by atoms with Gasteiger partial charge in [0.15, 0.2) is 0 Å². The van der Waals surface area contributed by atoms with Gasteiger partial charge in [0.2, 0.25) is 5.91 Å². The maximum atomic E-state index is 13.0. The number of fused-ring (bicyclic) bond motifs is 2. The molecule has 2 bridgehead atoms. The maximum absolute atomic E-state index is 13.0. The molecule has 2 saturated heterocycles. The Morgan fingerprint density at radius 3 is 2.56 bits per heavy atom. The van der Waals surface area contributed by atoms with E-state index in [1.807, 2.05) is 6.07 Å². The summed E-state index contributed by atoms with van der Waals surface area (Å²) in [5, 5.41) is 18.8. The third-order valence-electron chi connectivity index (χ3n) is 12.2. The van der Waals surface area contributed by atoms with Crippen LogP contribution >= 0.6 is 11.3 Å². The minimum Gasteiger partial charge on any atom is -0.367 e. The summed E-state index contributed by atoms with van der Waals surface area (Å²) >= 11 is 1.07. The van der Waals surface area contributed by atoms with Crippen molar-refractivity contribution >= 4 is 44.2 Å². The number of aryl methyl sites for hydroxylation is 1. The summed E-state index contributed by atoms with van der Waals surface area (Å²) in [4.78, 5) is 26.9. The van der Waals surface area contributed by atoms with Crippen molar-refractivity contribution in [3.05, 3.63) is 52.3 Å². The number of nitriles is 1. The molecule has 264 valence electrons. The Morgan fingerprint density at radius 1 is 1.10 bits per heavy atom. The number of nitrogens with zero attached hydrogens (tertiary/aromatic N) is 6. The Hall–Kier alpha value is -3.73. The largest absolute Gasteiger partial charge is 0.393 e. The van der Waals surface area contributed by atoms with Crippen molar-refractivity contribution < 1.29 is 18.0 Å². The third kappa shape index (κ3) is 6.03. The van der Waals surface area contributed by atoms with Crippen LogP contribution in [0.5, 0.6) is 0 Å². The number of carbonyl (C=O) groups is 1. The molecule has 2 aliphatic heterocycles. The number of benzene rings is 1. The predicted molar refractivity (Wildman–Crippen MR) is 188 cm³/mol. The van der Waals surface area contributed by atoms with Crippen molar-refractivity contribution in [2.24, 2.45) is 11.3 Å². The molecule has 5 fully saturated rings. The van der Waals surface area contributed by atoms with Gasteiger partial charge in [0.1, 0.15) is 28.7 Å². The Labute approximate surface area is 293 Å². The lowest BCUT2D eigenvalue weighted by Gasteiger charge is -2.76. The van der Waals surface area contributed by atoms with Gasteiger partial charge in [-0.1, -0.05) is 13.0 Å². The van der Waals surface area contributed by atoms with Gasteiger partial charge in [0.25, 0.3) is 0 Å². The molecule has 3 aromatic heterocycles. The number of alkyl halides is 3. The average Bonchev–Trinajstić information content (AvgIpc) is 3.62. The summed E-state index contributed by atoms with van der Waals surface area (Å²) in [6.45, 7) is 10.8. The second-order valence-electron chi connectivity index (χ2n) is 15.2. The van der Waals surface area contributed by atoms with Crippen LogP contribution in [-0.2, 0) is 24.3 Å². The summed E-state index contributed by atoms with van der Waals surface area (Å²) in [6, 6.07) is 10.6. The summed E-state index contributed by atoms with van der Waals surface area (Å²) in [5.74, 6) is 1.14. The number of rotatable bonds is 11. The molecule has 1 atom stereocenters. The number of anilines is 1. The minimum atomic E-state index is -4.26. The van der Waals surface area contributed by atoms with Gasteiger partial charge < -0.3 is 20.1 Å². The van der Waals surface area contributed by atoms with Crippen molar-refractivity contribution in [2.75, 3.05) is 38.0 Å². The van der Waals surface area contributed by atoms with Gasteiger partial charge in [-0.05, 0) is 92.8 Å². The SMILES string of the molecule is Cc1c(CN2CCC(Nc3ncnc4sc(CC(F)(F)F)cc34)CC2)ccc2c1cc(C#N)n2CC12CC(NC(=O)CCN3CCC3)(C1)[C@H]2C.